The van der Waals surface area contributed by atoms with Crippen LogP contribution in [0.1, 0.15) is 18.4 Å². The summed E-state index contributed by atoms with van der Waals surface area (Å²) in [6.45, 7) is 0. The molecular weight excluding hydrogens is 283 g/mol. The van der Waals surface area contributed by atoms with Gasteiger partial charge in [0.15, 0.2) is 0 Å². The molecule has 1 aromatic rings. The van der Waals surface area contributed by atoms with Crippen molar-refractivity contribution in [2.75, 3.05) is 5.33 Å². The number of halogens is 3. The van der Waals surface area contributed by atoms with Crippen LogP contribution in [0.3, 0.4) is 0 Å². The summed E-state index contributed by atoms with van der Waals surface area (Å²) in [5.41, 5.74) is 1.02. The van der Waals surface area contributed by atoms with Crippen LogP contribution in [0.5, 0.6) is 0 Å². The van der Waals surface area contributed by atoms with E-state index in [9.17, 15) is 0 Å². The Hall–Kier alpha value is 0.0200. The van der Waals surface area contributed by atoms with Gasteiger partial charge in [-0.2, -0.15) is 0 Å². The summed E-state index contributed by atoms with van der Waals surface area (Å²) in [4.78, 5) is 0. The summed E-state index contributed by atoms with van der Waals surface area (Å²) >= 11 is 15.2. The first-order valence-electron chi connectivity index (χ1n) is 4.41. The number of allylic oxidation sites excluding steroid dienone is 1. The van der Waals surface area contributed by atoms with E-state index in [2.05, 4.69) is 22.0 Å². The largest absolute Gasteiger partial charge is 0.0928 e. The van der Waals surface area contributed by atoms with E-state index in [-0.39, 0.29) is 0 Å². The number of alkyl halides is 1. The van der Waals surface area contributed by atoms with E-state index in [0.717, 1.165) is 23.7 Å². The van der Waals surface area contributed by atoms with Crippen molar-refractivity contribution in [2.45, 2.75) is 12.8 Å². The number of unbranched alkanes of at least 4 members (excludes halogenated alkanes) is 1. The van der Waals surface area contributed by atoms with Crippen LogP contribution in [-0.4, -0.2) is 5.33 Å². The van der Waals surface area contributed by atoms with Gasteiger partial charge in [0.25, 0.3) is 0 Å². The van der Waals surface area contributed by atoms with Crippen LogP contribution in [0.4, 0.5) is 0 Å². The van der Waals surface area contributed by atoms with Crippen LogP contribution in [-0.2, 0) is 0 Å². The molecule has 0 N–H and O–H groups in total. The molecule has 1 aromatic carbocycles. The molecule has 0 atom stereocenters. The van der Waals surface area contributed by atoms with Gasteiger partial charge in [-0.3, -0.25) is 0 Å². The monoisotopic (exact) mass is 292 g/mol. The zero-order valence-electron chi connectivity index (χ0n) is 7.64. The zero-order chi connectivity index (χ0) is 10.4. The quantitative estimate of drug-likeness (QED) is 0.530. The molecule has 0 nitrogen and oxygen atoms in total. The molecule has 0 unspecified atom stereocenters. The highest BCUT2D eigenvalue weighted by atomic mass is 79.9. The maximum Gasteiger partial charge on any atom is 0.0493 e. The topological polar surface area (TPSA) is 0 Å². The molecule has 0 spiro atoms. The highest BCUT2D eigenvalue weighted by Crippen LogP contribution is 2.22. The molecule has 14 heavy (non-hydrogen) atoms. The Morgan fingerprint density at radius 3 is 2.71 bits per heavy atom. The summed E-state index contributed by atoms with van der Waals surface area (Å²) in [7, 11) is 0. The van der Waals surface area contributed by atoms with Crippen molar-refractivity contribution < 1.29 is 0 Å². The average molecular weight is 294 g/mol. The molecule has 76 valence electrons. The van der Waals surface area contributed by atoms with E-state index >= 15 is 0 Å². The van der Waals surface area contributed by atoms with Crippen LogP contribution in [0.25, 0.3) is 6.08 Å². The smallest absolute Gasteiger partial charge is 0.0493 e. The number of benzene rings is 1. The molecule has 0 amide bonds. The van der Waals surface area contributed by atoms with E-state index in [0.29, 0.717) is 10.0 Å². The standard InChI is InChI=1S/C11H11BrCl2/c12-7-3-1-2-4-9-5-6-10(13)8-11(9)14/h2,4-6,8H,1,3,7H2/b4-2-. The molecule has 0 heterocycles. The molecular formula is C11H11BrCl2. The second kappa shape index (κ2) is 6.49. The van der Waals surface area contributed by atoms with Gasteiger partial charge in [-0.1, -0.05) is 57.4 Å². The van der Waals surface area contributed by atoms with Crippen molar-refractivity contribution in [3.63, 3.8) is 0 Å². The second-order valence-corrected chi connectivity index (χ2v) is 4.54. The molecule has 0 aliphatic rings. The van der Waals surface area contributed by atoms with Crippen molar-refractivity contribution >= 4 is 45.2 Å². The lowest BCUT2D eigenvalue weighted by Gasteiger charge is -1.98. The molecule has 0 fully saturated rings. The lowest BCUT2D eigenvalue weighted by molar-refractivity contribution is 0.983. The van der Waals surface area contributed by atoms with Crippen molar-refractivity contribution in [3.05, 3.63) is 39.9 Å². The van der Waals surface area contributed by atoms with Crippen LogP contribution in [0.2, 0.25) is 10.0 Å². The van der Waals surface area contributed by atoms with Gasteiger partial charge in [0, 0.05) is 15.4 Å². The third kappa shape index (κ3) is 4.04. The van der Waals surface area contributed by atoms with Crippen molar-refractivity contribution in [1.29, 1.82) is 0 Å². The van der Waals surface area contributed by atoms with Gasteiger partial charge in [-0.15, -0.1) is 0 Å². The molecule has 3 heteroatoms. The molecule has 0 saturated heterocycles. The summed E-state index contributed by atoms with van der Waals surface area (Å²) in [5, 5.41) is 2.41. The number of hydrogen-bond acceptors (Lipinski definition) is 0. The Morgan fingerprint density at radius 1 is 1.29 bits per heavy atom. The third-order valence-electron chi connectivity index (χ3n) is 1.76. The maximum absolute atomic E-state index is 6.00. The van der Waals surface area contributed by atoms with E-state index < -0.39 is 0 Å². The zero-order valence-corrected chi connectivity index (χ0v) is 10.7. The Bertz CT molecular complexity index is 321. The van der Waals surface area contributed by atoms with Gasteiger partial charge >= 0.3 is 0 Å². The molecule has 0 radical (unpaired) electrons. The van der Waals surface area contributed by atoms with Crippen molar-refractivity contribution in [3.8, 4) is 0 Å². The van der Waals surface area contributed by atoms with Gasteiger partial charge < -0.3 is 0 Å². The van der Waals surface area contributed by atoms with Gasteiger partial charge in [0.2, 0.25) is 0 Å². The second-order valence-electron chi connectivity index (χ2n) is 2.90. The van der Waals surface area contributed by atoms with Crippen molar-refractivity contribution in [2.24, 2.45) is 0 Å². The lowest BCUT2D eigenvalue weighted by atomic mass is 10.2. The summed E-state index contributed by atoms with van der Waals surface area (Å²) in [6.07, 6.45) is 6.35. The fourth-order valence-electron chi connectivity index (χ4n) is 1.04. The lowest BCUT2D eigenvalue weighted by Crippen LogP contribution is -1.76. The van der Waals surface area contributed by atoms with Gasteiger partial charge in [0.1, 0.15) is 0 Å². The Balaban J connectivity index is 2.62. The minimum Gasteiger partial charge on any atom is -0.0928 e. The number of hydrogen-bond donors (Lipinski definition) is 0. The van der Waals surface area contributed by atoms with Gasteiger partial charge in [-0.05, 0) is 30.5 Å². The molecule has 0 aromatic heterocycles. The minimum absolute atomic E-state index is 0.674. The molecule has 0 aliphatic carbocycles. The third-order valence-corrected chi connectivity index (χ3v) is 2.89. The fraction of sp³-hybridized carbons (Fsp3) is 0.273. The Morgan fingerprint density at radius 2 is 2.07 bits per heavy atom. The molecule has 0 bridgehead atoms. The number of rotatable bonds is 4. The van der Waals surface area contributed by atoms with Gasteiger partial charge in [-0.25, -0.2) is 0 Å². The van der Waals surface area contributed by atoms with E-state index in [1.54, 1.807) is 6.07 Å². The molecule has 0 saturated carbocycles. The van der Waals surface area contributed by atoms with Crippen LogP contribution in [0, 0.1) is 0 Å². The normalized spacial score (nSPS) is 11.1. The fourth-order valence-corrected chi connectivity index (χ4v) is 1.84. The highest BCUT2D eigenvalue weighted by Gasteiger charge is 1.96. The first kappa shape index (κ1) is 12.1. The summed E-state index contributed by atoms with van der Waals surface area (Å²) in [6, 6.07) is 5.53. The highest BCUT2D eigenvalue weighted by molar-refractivity contribution is 9.09. The molecule has 0 aliphatic heterocycles. The van der Waals surface area contributed by atoms with Crippen LogP contribution < -0.4 is 0 Å². The van der Waals surface area contributed by atoms with E-state index in [1.807, 2.05) is 18.2 Å². The average Bonchev–Trinajstić information content (AvgIpc) is 2.15. The van der Waals surface area contributed by atoms with Crippen LogP contribution in [0.15, 0.2) is 24.3 Å². The van der Waals surface area contributed by atoms with Crippen molar-refractivity contribution in [1.82, 2.24) is 0 Å². The van der Waals surface area contributed by atoms with Gasteiger partial charge in [0.05, 0.1) is 0 Å². The van der Waals surface area contributed by atoms with E-state index in [1.165, 1.54) is 0 Å². The first-order chi connectivity index (χ1) is 6.74. The summed E-state index contributed by atoms with van der Waals surface area (Å²) < 4.78 is 0. The first-order valence-corrected chi connectivity index (χ1v) is 6.29. The maximum atomic E-state index is 6.00. The predicted molar refractivity (Wildman–Crippen MR) is 68.5 cm³/mol. The Labute approximate surface area is 103 Å². The SMILES string of the molecule is Clc1ccc(/C=C\CCCBr)c(Cl)c1. The van der Waals surface area contributed by atoms with E-state index in [4.69, 9.17) is 23.2 Å². The Kier molecular flexibility index (Phi) is 5.61. The summed E-state index contributed by atoms with van der Waals surface area (Å²) in [5.74, 6) is 0. The minimum atomic E-state index is 0.674. The molecule has 1 rings (SSSR count). The predicted octanol–water partition coefficient (Wildman–Crippen LogP) is 5.18. The van der Waals surface area contributed by atoms with Crippen LogP contribution >= 0.6 is 39.1 Å².